The van der Waals surface area contributed by atoms with Crippen LogP contribution in [0.2, 0.25) is 0 Å². The van der Waals surface area contributed by atoms with Crippen LogP contribution in [0.25, 0.3) is 0 Å². The maximum Gasteiger partial charge on any atom is 0.255 e. The minimum Gasteiger partial charge on any atom is -0.510 e. The summed E-state index contributed by atoms with van der Waals surface area (Å²) in [5.41, 5.74) is 3.70. The molecule has 10 heteroatoms. The number of anilines is 1. The Morgan fingerprint density at radius 2 is 1.74 bits per heavy atom. The lowest BCUT2D eigenvalue weighted by Gasteiger charge is -2.50. The first-order valence-electron chi connectivity index (χ1n) is 11.2. The lowest BCUT2D eigenvalue weighted by atomic mass is 9.58. The number of nitrogens with zero attached hydrogens (tertiary/aromatic N) is 2. The van der Waals surface area contributed by atoms with E-state index in [0.717, 1.165) is 0 Å². The molecule has 0 saturated heterocycles. The summed E-state index contributed by atoms with van der Waals surface area (Å²) in [6.07, 6.45) is 0.382. The zero-order valence-corrected chi connectivity index (χ0v) is 20.2. The van der Waals surface area contributed by atoms with E-state index in [-0.39, 0.29) is 23.3 Å². The lowest BCUT2D eigenvalue weighted by molar-refractivity contribution is -0.148. The van der Waals surface area contributed by atoms with E-state index in [9.17, 15) is 34.5 Å². The van der Waals surface area contributed by atoms with Crippen molar-refractivity contribution in [2.45, 2.75) is 31.4 Å². The molecule has 10 nitrogen and oxygen atoms in total. The quantitative estimate of drug-likeness (QED) is 0.356. The summed E-state index contributed by atoms with van der Waals surface area (Å²) in [5, 5.41) is 33.7. The summed E-state index contributed by atoms with van der Waals surface area (Å²) in [4.78, 5) is 54.5. The zero-order chi connectivity index (χ0) is 26.1. The summed E-state index contributed by atoms with van der Waals surface area (Å²) in [5.74, 6) is -6.34. The first-order valence-corrected chi connectivity index (χ1v) is 11.2. The van der Waals surface area contributed by atoms with Crippen molar-refractivity contribution < 1.29 is 34.5 Å². The Labute approximate surface area is 202 Å². The largest absolute Gasteiger partial charge is 0.510 e. The van der Waals surface area contributed by atoms with Crippen molar-refractivity contribution in [3.8, 4) is 0 Å². The number of fused-ring (bicyclic) bond motifs is 3. The van der Waals surface area contributed by atoms with Crippen molar-refractivity contribution >= 4 is 28.9 Å². The third-order valence-corrected chi connectivity index (χ3v) is 7.45. The van der Waals surface area contributed by atoms with Crippen LogP contribution in [0, 0.1) is 11.8 Å². The molecule has 5 N–H and O–H groups in total. The number of allylic oxidation sites excluding steroid dienone is 1. The molecule has 186 valence electrons. The summed E-state index contributed by atoms with van der Waals surface area (Å²) in [6, 6.07) is 2.17. The molecule has 0 spiro atoms. The van der Waals surface area contributed by atoms with Gasteiger partial charge in [0.2, 0.25) is 5.78 Å². The molecule has 3 aliphatic rings. The van der Waals surface area contributed by atoms with Gasteiger partial charge in [-0.3, -0.25) is 24.1 Å². The number of primary amides is 1. The Hall–Kier alpha value is -3.50. The van der Waals surface area contributed by atoms with E-state index in [0.29, 0.717) is 23.2 Å². The van der Waals surface area contributed by atoms with E-state index in [1.807, 2.05) is 0 Å². The Morgan fingerprint density at radius 3 is 2.26 bits per heavy atom. The molecule has 0 bridgehead atoms. The van der Waals surface area contributed by atoms with Crippen LogP contribution in [0.15, 0.2) is 34.8 Å². The molecule has 0 radical (unpaired) electrons. The number of carbonyl (C=O) groups excluding carboxylic acids is 4. The predicted octanol–water partition coefficient (Wildman–Crippen LogP) is 0.684. The Morgan fingerprint density at radius 1 is 1.11 bits per heavy atom. The second-order valence-electron chi connectivity index (χ2n) is 9.94. The third kappa shape index (κ3) is 3.31. The number of nitrogens with two attached hydrogens (primary N) is 1. The molecule has 3 unspecified atom stereocenters. The van der Waals surface area contributed by atoms with Crippen molar-refractivity contribution in [1.29, 1.82) is 0 Å². The molecule has 0 aromatic heterocycles. The lowest BCUT2D eigenvalue weighted by Crippen LogP contribution is -2.63. The van der Waals surface area contributed by atoms with Gasteiger partial charge in [0.1, 0.15) is 17.1 Å². The first kappa shape index (κ1) is 24.6. The van der Waals surface area contributed by atoms with E-state index in [1.54, 1.807) is 39.2 Å². The van der Waals surface area contributed by atoms with Gasteiger partial charge in [-0.2, -0.15) is 0 Å². The standard InChI is InChI=1S/C25H29N3O7/c1-10(29)11-6-14-13(16(9-11)27(2)3)7-12-8-15-19(28(4)5)21(31)18(24(26)34)23(33)25(15,35)22(32)17(12)20(14)30/h6,9,12,15,19,31-32,35H,7-8H2,1-5H3,(H2,26,34)/t12?,15?,19?,25-/m0/s1. The van der Waals surface area contributed by atoms with Crippen LogP contribution in [0.4, 0.5) is 5.69 Å². The van der Waals surface area contributed by atoms with Crippen molar-refractivity contribution in [2.75, 3.05) is 33.1 Å². The molecule has 4 atom stereocenters. The van der Waals surface area contributed by atoms with E-state index in [1.165, 1.54) is 17.9 Å². The number of aliphatic hydroxyl groups is 3. The molecule has 0 saturated carbocycles. The van der Waals surface area contributed by atoms with E-state index in [2.05, 4.69) is 0 Å². The molecule has 0 aliphatic heterocycles. The number of carbonyl (C=O) groups is 4. The number of ketones is 3. The van der Waals surface area contributed by atoms with Crippen molar-refractivity contribution in [1.82, 2.24) is 4.90 Å². The molecule has 1 aromatic carbocycles. The number of hydrogen-bond donors (Lipinski definition) is 4. The van der Waals surface area contributed by atoms with Gasteiger partial charge in [0.05, 0.1) is 6.04 Å². The topological polar surface area (TPSA) is 161 Å². The number of likely N-dealkylation sites (N-methyl/N-ethyl adjacent to an activating group) is 1. The van der Waals surface area contributed by atoms with Gasteiger partial charge in [0, 0.05) is 42.4 Å². The second kappa shape index (κ2) is 8.03. The molecule has 1 amide bonds. The molecular weight excluding hydrogens is 454 g/mol. The van der Waals surface area contributed by atoms with Crippen LogP contribution in [0.3, 0.4) is 0 Å². The number of Topliss-reactive ketones (excluding diaryl/α,β-unsaturated/α-hetero) is 3. The van der Waals surface area contributed by atoms with Crippen LogP contribution < -0.4 is 10.6 Å². The van der Waals surface area contributed by atoms with E-state index in [4.69, 9.17) is 5.73 Å². The van der Waals surface area contributed by atoms with E-state index < -0.39 is 58.0 Å². The van der Waals surface area contributed by atoms with Gasteiger partial charge >= 0.3 is 0 Å². The van der Waals surface area contributed by atoms with Crippen LogP contribution in [-0.2, 0) is 16.0 Å². The third-order valence-electron chi connectivity index (χ3n) is 7.45. The zero-order valence-electron chi connectivity index (χ0n) is 20.2. The minimum absolute atomic E-state index is 0.0765. The fourth-order valence-corrected chi connectivity index (χ4v) is 5.84. The van der Waals surface area contributed by atoms with Crippen LogP contribution in [0.1, 0.15) is 39.6 Å². The highest BCUT2D eigenvalue weighted by Gasteiger charge is 2.63. The number of rotatable bonds is 4. The highest BCUT2D eigenvalue weighted by Crippen LogP contribution is 2.52. The summed E-state index contributed by atoms with van der Waals surface area (Å²) >= 11 is 0. The number of aliphatic hydroxyl groups excluding tert-OH is 2. The SMILES string of the molecule is CC(=O)c1cc2c(c(N(C)C)c1)CC1CC3C(N(C)C)C(O)=C(C(N)=O)C(=O)[C@@]3(O)C(O)=C1C2=O. The van der Waals surface area contributed by atoms with Gasteiger partial charge in [-0.1, -0.05) is 0 Å². The molecule has 0 fully saturated rings. The maximum atomic E-state index is 13.7. The fourth-order valence-electron chi connectivity index (χ4n) is 5.84. The Bertz CT molecular complexity index is 1260. The fraction of sp³-hybridized carbons (Fsp3) is 0.440. The molecular formula is C25H29N3O7. The monoisotopic (exact) mass is 483 g/mol. The molecule has 0 heterocycles. The van der Waals surface area contributed by atoms with Gasteiger partial charge in [-0.15, -0.1) is 0 Å². The smallest absolute Gasteiger partial charge is 0.255 e. The first-order chi connectivity index (χ1) is 16.2. The van der Waals surface area contributed by atoms with Gasteiger partial charge in [0.15, 0.2) is 17.2 Å². The second-order valence-corrected chi connectivity index (χ2v) is 9.94. The summed E-state index contributed by atoms with van der Waals surface area (Å²) in [7, 11) is 6.78. The summed E-state index contributed by atoms with van der Waals surface area (Å²) in [6.45, 7) is 1.38. The number of amides is 1. The van der Waals surface area contributed by atoms with Crippen molar-refractivity contribution in [2.24, 2.45) is 17.6 Å². The number of hydrogen-bond acceptors (Lipinski definition) is 9. The average molecular weight is 484 g/mol. The highest BCUT2D eigenvalue weighted by molar-refractivity contribution is 6.24. The van der Waals surface area contributed by atoms with Crippen molar-refractivity contribution in [3.63, 3.8) is 0 Å². The van der Waals surface area contributed by atoms with E-state index >= 15 is 0 Å². The molecule has 1 aromatic rings. The normalized spacial score (nSPS) is 28.0. The number of benzene rings is 1. The predicted molar refractivity (Wildman–Crippen MR) is 126 cm³/mol. The maximum absolute atomic E-state index is 13.7. The van der Waals surface area contributed by atoms with Gasteiger partial charge in [-0.25, -0.2) is 0 Å². The molecule has 4 rings (SSSR count). The van der Waals surface area contributed by atoms with Crippen LogP contribution >= 0.6 is 0 Å². The minimum atomic E-state index is -2.62. The van der Waals surface area contributed by atoms with Crippen molar-refractivity contribution in [3.05, 3.63) is 51.5 Å². The average Bonchev–Trinajstić information content (AvgIpc) is 2.75. The van der Waals surface area contributed by atoms with Crippen LogP contribution in [0.5, 0.6) is 0 Å². The Kier molecular flexibility index (Phi) is 5.65. The van der Waals surface area contributed by atoms with Gasteiger partial charge < -0.3 is 26.0 Å². The van der Waals surface area contributed by atoms with Crippen LogP contribution in [-0.4, -0.2) is 83.3 Å². The molecule has 3 aliphatic carbocycles. The molecule has 35 heavy (non-hydrogen) atoms. The van der Waals surface area contributed by atoms with Gasteiger partial charge in [0.25, 0.3) is 5.91 Å². The summed E-state index contributed by atoms with van der Waals surface area (Å²) < 4.78 is 0. The van der Waals surface area contributed by atoms with Gasteiger partial charge in [-0.05, 0) is 57.5 Å². The Balaban J connectivity index is 1.98. The highest BCUT2D eigenvalue weighted by atomic mass is 16.3.